The molecule has 0 saturated carbocycles. The van der Waals surface area contributed by atoms with Crippen molar-refractivity contribution in [2.45, 2.75) is 39.2 Å². The normalized spacial score (nSPS) is 26.9. The van der Waals surface area contributed by atoms with E-state index in [1.54, 1.807) is 4.31 Å². The predicted octanol–water partition coefficient (Wildman–Crippen LogP) is 0.800. The van der Waals surface area contributed by atoms with Crippen LogP contribution in [0.15, 0.2) is 0 Å². The van der Waals surface area contributed by atoms with Gasteiger partial charge in [-0.25, -0.2) is 8.42 Å². The number of nitrogens with one attached hydrogen (secondary N) is 1. The maximum Gasteiger partial charge on any atom is 0.214 e. The summed E-state index contributed by atoms with van der Waals surface area (Å²) in [5.41, 5.74) is -0.310. The number of rotatable bonds is 2. The van der Waals surface area contributed by atoms with Crippen LogP contribution in [0.4, 0.5) is 0 Å². The SMILES string of the molecule is CCCN1C(C)(C)CNCCCS1(=O)=O. The van der Waals surface area contributed by atoms with E-state index in [0.717, 1.165) is 19.5 Å². The van der Waals surface area contributed by atoms with Gasteiger partial charge in [0.25, 0.3) is 0 Å². The smallest absolute Gasteiger partial charge is 0.214 e. The Morgan fingerprint density at radius 3 is 2.67 bits per heavy atom. The van der Waals surface area contributed by atoms with Crippen LogP contribution in [0.3, 0.4) is 0 Å². The molecule has 0 aliphatic carbocycles. The maximum atomic E-state index is 12.1. The largest absolute Gasteiger partial charge is 0.315 e. The molecule has 15 heavy (non-hydrogen) atoms. The molecule has 1 saturated heterocycles. The monoisotopic (exact) mass is 234 g/mol. The van der Waals surface area contributed by atoms with Gasteiger partial charge in [-0.15, -0.1) is 0 Å². The van der Waals surface area contributed by atoms with Gasteiger partial charge < -0.3 is 5.32 Å². The average molecular weight is 234 g/mol. The third-order valence-electron chi connectivity index (χ3n) is 2.75. The third-order valence-corrected chi connectivity index (χ3v) is 4.90. The van der Waals surface area contributed by atoms with Crippen LogP contribution >= 0.6 is 0 Å². The van der Waals surface area contributed by atoms with Gasteiger partial charge in [0, 0.05) is 18.6 Å². The van der Waals surface area contributed by atoms with E-state index in [1.807, 2.05) is 20.8 Å². The molecule has 1 N–H and O–H groups in total. The lowest BCUT2D eigenvalue weighted by atomic mass is 10.1. The summed E-state index contributed by atoms with van der Waals surface area (Å²) in [6.45, 7) is 8.13. The van der Waals surface area contributed by atoms with Crippen molar-refractivity contribution in [3.8, 4) is 0 Å². The second-order valence-corrected chi connectivity index (χ2v) is 6.74. The quantitative estimate of drug-likeness (QED) is 0.769. The van der Waals surface area contributed by atoms with Gasteiger partial charge in [0.15, 0.2) is 0 Å². The predicted molar refractivity (Wildman–Crippen MR) is 62.3 cm³/mol. The Kier molecular flexibility index (Phi) is 4.14. The fraction of sp³-hybridized carbons (Fsp3) is 1.00. The summed E-state index contributed by atoms with van der Waals surface area (Å²) in [5, 5.41) is 3.30. The van der Waals surface area contributed by atoms with Gasteiger partial charge in [-0.2, -0.15) is 4.31 Å². The van der Waals surface area contributed by atoms with Crippen molar-refractivity contribution in [1.29, 1.82) is 0 Å². The fourth-order valence-corrected chi connectivity index (χ4v) is 4.00. The summed E-state index contributed by atoms with van der Waals surface area (Å²) in [7, 11) is -3.06. The average Bonchev–Trinajstić information content (AvgIpc) is 2.11. The zero-order chi connectivity index (χ0) is 11.5. The van der Waals surface area contributed by atoms with E-state index < -0.39 is 10.0 Å². The van der Waals surface area contributed by atoms with E-state index in [9.17, 15) is 8.42 Å². The molecule has 1 aliphatic heterocycles. The van der Waals surface area contributed by atoms with Gasteiger partial charge in [0.2, 0.25) is 10.0 Å². The highest BCUT2D eigenvalue weighted by Gasteiger charge is 2.35. The summed E-state index contributed by atoms with van der Waals surface area (Å²) < 4.78 is 25.8. The van der Waals surface area contributed by atoms with E-state index >= 15 is 0 Å². The van der Waals surface area contributed by atoms with Crippen LogP contribution in [0.2, 0.25) is 0 Å². The van der Waals surface area contributed by atoms with Crippen molar-refractivity contribution < 1.29 is 8.42 Å². The zero-order valence-electron chi connectivity index (χ0n) is 9.91. The lowest BCUT2D eigenvalue weighted by molar-refractivity contribution is 0.215. The fourth-order valence-electron chi connectivity index (χ4n) is 1.99. The van der Waals surface area contributed by atoms with Crippen LogP contribution in [-0.4, -0.2) is 43.6 Å². The molecule has 0 spiro atoms. The Balaban J connectivity index is 2.95. The number of hydrogen-bond acceptors (Lipinski definition) is 3. The van der Waals surface area contributed by atoms with E-state index in [2.05, 4.69) is 5.32 Å². The van der Waals surface area contributed by atoms with Crippen LogP contribution in [0.1, 0.15) is 33.6 Å². The van der Waals surface area contributed by atoms with E-state index in [-0.39, 0.29) is 11.3 Å². The van der Waals surface area contributed by atoms with Crippen molar-refractivity contribution >= 4 is 10.0 Å². The maximum absolute atomic E-state index is 12.1. The number of nitrogens with zero attached hydrogens (tertiary/aromatic N) is 1. The highest BCUT2D eigenvalue weighted by molar-refractivity contribution is 7.89. The first-order valence-corrected chi connectivity index (χ1v) is 7.22. The molecule has 1 aliphatic rings. The van der Waals surface area contributed by atoms with E-state index in [0.29, 0.717) is 13.0 Å². The standard InChI is InChI=1S/C10H22N2O2S/c1-4-7-12-10(2,3)9-11-6-5-8-15(12,13)14/h11H,4-9H2,1-3H3. The summed E-state index contributed by atoms with van der Waals surface area (Å²) in [6.07, 6.45) is 1.57. The first kappa shape index (κ1) is 12.9. The van der Waals surface area contributed by atoms with Gasteiger partial charge >= 0.3 is 0 Å². The molecule has 5 heteroatoms. The molecule has 0 aromatic rings. The van der Waals surface area contributed by atoms with Crippen LogP contribution in [0.5, 0.6) is 0 Å². The molecule has 0 amide bonds. The second-order valence-electron chi connectivity index (χ2n) is 4.73. The zero-order valence-corrected chi connectivity index (χ0v) is 10.7. The minimum Gasteiger partial charge on any atom is -0.315 e. The van der Waals surface area contributed by atoms with Crippen molar-refractivity contribution in [3.05, 3.63) is 0 Å². The molecule has 1 fully saturated rings. The molecule has 90 valence electrons. The molecule has 0 unspecified atom stereocenters. The summed E-state index contributed by atoms with van der Waals surface area (Å²) in [5.74, 6) is 0.267. The van der Waals surface area contributed by atoms with Crippen LogP contribution in [0, 0.1) is 0 Å². The van der Waals surface area contributed by atoms with Crippen molar-refractivity contribution in [2.75, 3.05) is 25.4 Å². The second kappa shape index (κ2) is 4.80. The number of hydrogen-bond donors (Lipinski definition) is 1. The van der Waals surface area contributed by atoms with E-state index in [4.69, 9.17) is 0 Å². The van der Waals surface area contributed by atoms with E-state index in [1.165, 1.54) is 0 Å². The molecule has 1 heterocycles. The summed E-state index contributed by atoms with van der Waals surface area (Å²) in [4.78, 5) is 0. The van der Waals surface area contributed by atoms with Gasteiger partial charge in [0.05, 0.1) is 5.75 Å². The van der Waals surface area contributed by atoms with Crippen molar-refractivity contribution in [1.82, 2.24) is 9.62 Å². The highest BCUT2D eigenvalue weighted by Crippen LogP contribution is 2.21. The molecule has 0 radical (unpaired) electrons. The Morgan fingerprint density at radius 2 is 2.07 bits per heavy atom. The Bertz CT molecular complexity index is 299. The topological polar surface area (TPSA) is 49.4 Å². The lowest BCUT2D eigenvalue weighted by Crippen LogP contribution is -2.55. The molecule has 1 rings (SSSR count). The van der Waals surface area contributed by atoms with Crippen molar-refractivity contribution in [3.63, 3.8) is 0 Å². The van der Waals surface area contributed by atoms with Gasteiger partial charge in [0.1, 0.15) is 0 Å². The van der Waals surface area contributed by atoms with Crippen LogP contribution in [-0.2, 0) is 10.0 Å². The molecule has 0 bridgehead atoms. The minimum atomic E-state index is -3.06. The third kappa shape index (κ3) is 3.16. The first-order valence-electron chi connectivity index (χ1n) is 5.61. The summed E-state index contributed by atoms with van der Waals surface area (Å²) >= 11 is 0. The molecule has 4 nitrogen and oxygen atoms in total. The minimum absolute atomic E-state index is 0.267. The Morgan fingerprint density at radius 1 is 1.40 bits per heavy atom. The molecule has 0 aromatic heterocycles. The summed E-state index contributed by atoms with van der Waals surface area (Å²) in [6, 6.07) is 0. The van der Waals surface area contributed by atoms with Gasteiger partial charge in [-0.3, -0.25) is 0 Å². The lowest BCUT2D eigenvalue weighted by Gasteiger charge is -2.39. The van der Waals surface area contributed by atoms with Gasteiger partial charge in [-0.1, -0.05) is 6.92 Å². The first-order chi connectivity index (χ1) is 6.90. The molecule has 0 aromatic carbocycles. The molecule has 0 atom stereocenters. The Labute approximate surface area is 93.1 Å². The van der Waals surface area contributed by atoms with Gasteiger partial charge in [-0.05, 0) is 33.2 Å². The number of sulfonamides is 1. The van der Waals surface area contributed by atoms with Crippen LogP contribution < -0.4 is 5.32 Å². The Hall–Kier alpha value is -0.130. The highest BCUT2D eigenvalue weighted by atomic mass is 32.2. The van der Waals surface area contributed by atoms with Crippen LogP contribution in [0.25, 0.3) is 0 Å². The molecular weight excluding hydrogens is 212 g/mol. The molecular formula is C10H22N2O2S. The van der Waals surface area contributed by atoms with Crippen molar-refractivity contribution in [2.24, 2.45) is 0 Å².